The molecule has 1 rings (SSSR count). The van der Waals surface area contributed by atoms with Crippen LogP contribution < -0.4 is 10.6 Å². The molecule has 0 aliphatic carbocycles. The Morgan fingerprint density at radius 1 is 1.69 bits per heavy atom. The number of hydrogen-bond acceptors (Lipinski definition) is 3. The summed E-state index contributed by atoms with van der Waals surface area (Å²) in [5, 5.41) is 5.51. The van der Waals surface area contributed by atoms with Crippen molar-refractivity contribution in [2.45, 2.75) is 13.5 Å². The fraction of sp³-hybridized carbons (Fsp3) is 0.500. The lowest BCUT2D eigenvalue weighted by Gasteiger charge is -2.00. The highest BCUT2D eigenvalue weighted by atomic mass is 16.1. The van der Waals surface area contributed by atoms with Crippen LogP contribution in [0.4, 0.5) is 0 Å². The Morgan fingerprint density at radius 2 is 2.46 bits per heavy atom. The Bertz CT molecular complexity index is 281. The molecule has 3 N–H and O–H groups in total. The number of aryl methyl sites for hydroxylation is 1. The third kappa shape index (κ3) is 3.25. The first kappa shape index (κ1) is 9.73. The minimum absolute atomic E-state index is 0.0174. The second-order valence-corrected chi connectivity index (χ2v) is 2.77. The van der Waals surface area contributed by atoms with Gasteiger partial charge in [0.15, 0.2) is 0 Å². The van der Waals surface area contributed by atoms with E-state index in [1.54, 1.807) is 13.2 Å². The molecule has 1 aromatic heterocycles. The van der Waals surface area contributed by atoms with Gasteiger partial charge in [-0.25, -0.2) is 4.98 Å². The van der Waals surface area contributed by atoms with E-state index in [4.69, 9.17) is 0 Å². The molecule has 5 nitrogen and oxygen atoms in total. The monoisotopic (exact) mass is 182 g/mol. The highest BCUT2D eigenvalue weighted by molar-refractivity contribution is 5.77. The Hall–Kier alpha value is -1.36. The normalized spacial score (nSPS) is 10.0. The van der Waals surface area contributed by atoms with Gasteiger partial charge in [-0.2, -0.15) is 0 Å². The lowest BCUT2D eigenvalue weighted by molar-refractivity contribution is -0.119. The molecule has 0 unspecified atom stereocenters. The number of nitrogens with zero attached hydrogens (tertiary/aromatic N) is 1. The van der Waals surface area contributed by atoms with Crippen molar-refractivity contribution >= 4 is 5.91 Å². The molecule has 1 amide bonds. The van der Waals surface area contributed by atoms with Crippen LogP contribution in [0.25, 0.3) is 0 Å². The molecular weight excluding hydrogens is 168 g/mol. The van der Waals surface area contributed by atoms with Crippen molar-refractivity contribution in [1.29, 1.82) is 0 Å². The molecule has 0 spiro atoms. The van der Waals surface area contributed by atoms with Gasteiger partial charge in [0.05, 0.1) is 6.54 Å². The summed E-state index contributed by atoms with van der Waals surface area (Å²) < 4.78 is 0. The Kier molecular flexibility index (Phi) is 3.45. The molecular formula is C8H14N4O. The van der Waals surface area contributed by atoms with Crippen LogP contribution in [-0.2, 0) is 11.3 Å². The van der Waals surface area contributed by atoms with E-state index < -0.39 is 0 Å². The van der Waals surface area contributed by atoms with Crippen LogP contribution in [-0.4, -0.2) is 29.5 Å². The number of imidazole rings is 1. The van der Waals surface area contributed by atoms with Crippen molar-refractivity contribution in [2.75, 3.05) is 13.6 Å². The molecule has 0 saturated heterocycles. The summed E-state index contributed by atoms with van der Waals surface area (Å²) in [5.74, 6) is 0.869. The minimum Gasteiger partial charge on any atom is -0.358 e. The molecule has 13 heavy (non-hydrogen) atoms. The smallest absolute Gasteiger partial charge is 0.233 e. The number of amides is 1. The maximum atomic E-state index is 10.8. The molecule has 0 aliphatic heterocycles. The van der Waals surface area contributed by atoms with Gasteiger partial charge in [-0.15, -0.1) is 0 Å². The van der Waals surface area contributed by atoms with Crippen molar-refractivity contribution in [2.24, 2.45) is 0 Å². The molecule has 0 radical (unpaired) electrons. The zero-order valence-corrected chi connectivity index (χ0v) is 7.85. The van der Waals surface area contributed by atoms with Gasteiger partial charge in [0.1, 0.15) is 5.82 Å². The topological polar surface area (TPSA) is 69.8 Å². The number of aromatic amines is 1. The molecule has 72 valence electrons. The largest absolute Gasteiger partial charge is 0.358 e. The SMILES string of the molecule is CNC(=O)CNCc1cnc(C)[nH]1. The molecule has 0 atom stereocenters. The van der Waals surface area contributed by atoms with Crippen LogP contribution in [0.5, 0.6) is 0 Å². The van der Waals surface area contributed by atoms with E-state index in [1.807, 2.05) is 6.92 Å². The fourth-order valence-corrected chi connectivity index (χ4v) is 0.961. The highest BCUT2D eigenvalue weighted by Crippen LogP contribution is 1.93. The summed E-state index contributed by atoms with van der Waals surface area (Å²) >= 11 is 0. The van der Waals surface area contributed by atoms with E-state index in [0.717, 1.165) is 11.5 Å². The van der Waals surface area contributed by atoms with Crippen LogP contribution in [0.2, 0.25) is 0 Å². The summed E-state index contributed by atoms with van der Waals surface area (Å²) in [6.07, 6.45) is 1.76. The van der Waals surface area contributed by atoms with E-state index in [-0.39, 0.29) is 5.91 Å². The first-order valence-electron chi connectivity index (χ1n) is 4.14. The predicted octanol–water partition coefficient (Wildman–Crippen LogP) is -0.446. The number of rotatable bonds is 4. The summed E-state index contributed by atoms with van der Waals surface area (Å²) in [7, 11) is 1.62. The van der Waals surface area contributed by atoms with Gasteiger partial charge >= 0.3 is 0 Å². The van der Waals surface area contributed by atoms with E-state index in [2.05, 4.69) is 20.6 Å². The fourth-order valence-electron chi connectivity index (χ4n) is 0.961. The molecule has 1 aromatic rings. The van der Waals surface area contributed by atoms with Crippen LogP contribution in [0.3, 0.4) is 0 Å². The van der Waals surface area contributed by atoms with Crippen molar-refractivity contribution in [3.05, 3.63) is 17.7 Å². The third-order valence-electron chi connectivity index (χ3n) is 1.64. The van der Waals surface area contributed by atoms with E-state index in [1.165, 1.54) is 0 Å². The molecule has 0 bridgehead atoms. The summed E-state index contributed by atoms with van der Waals surface area (Å²) in [4.78, 5) is 17.9. The number of likely N-dealkylation sites (N-methyl/N-ethyl adjacent to an activating group) is 1. The average Bonchev–Trinajstić information content (AvgIpc) is 2.51. The van der Waals surface area contributed by atoms with Gasteiger partial charge in [0.25, 0.3) is 0 Å². The molecule has 5 heteroatoms. The summed E-state index contributed by atoms with van der Waals surface area (Å²) in [5.41, 5.74) is 0.987. The van der Waals surface area contributed by atoms with Crippen LogP contribution in [0, 0.1) is 6.92 Å². The number of H-pyrrole nitrogens is 1. The molecule has 1 heterocycles. The van der Waals surface area contributed by atoms with Crippen LogP contribution in [0.15, 0.2) is 6.20 Å². The van der Waals surface area contributed by atoms with Gasteiger partial charge in [0, 0.05) is 25.5 Å². The summed E-state index contributed by atoms with van der Waals surface area (Å²) in [6, 6.07) is 0. The van der Waals surface area contributed by atoms with Crippen LogP contribution in [0.1, 0.15) is 11.5 Å². The number of carbonyl (C=O) groups is 1. The first-order chi connectivity index (χ1) is 6.22. The summed E-state index contributed by atoms with van der Waals surface area (Å²) in [6.45, 7) is 2.85. The first-order valence-corrected chi connectivity index (χ1v) is 4.14. The van der Waals surface area contributed by atoms with Gasteiger partial charge in [-0.05, 0) is 6.92 Å². The number of carbonyl (C=O) groups excluding carboxylic acids is 1. The second kappa shape index (κ2) is 4.61. The maximum Gasteiger partial charge on any atom is 0.233 e. The van der Waals surface area contributed by atoms with Gasteiger partial charge in [-0.1, -0.05) is 0 Å². The van der Waals surface area contributed by atoms with Gasteiger partial charge in [0.2, 0.25) is 5.91 Å². The van der Waals surface area contributed by atoms with E-state index in [0.29, 0.717) is 13.1 Å². The molecule has 0 saturated carbocycles. The lowest BCUT2D eigenvalue weighted by atomic mass is 10.4. The lowest BCUT2D eigenvalue weighted by Crippen LogP contribution is -2.31. The van der Waals surface area contributed by atoms with E-state index in [9.17, 15) is 4.79 Å². The number of nitrogens with one attached hydrogen (secondary N) is 3. The Labute approximate surface area is 76.9 Å². The van der Waals surface area contributed by atoms with Crippen molar-refractivity contribution < 1.29 is 4.79 Å². The van der Waals surface area contributed by atoms with Crippen LogP contribution >= 0.6 is 0 Å². The molecule has 0 aromatic carbocycles. The minimum atomic E-state index is -0.0174. The van der Waals surface area contributed by atoms with Crippen molar-refractivity contribution in [1.82, 2.24) is 20.6 Å². The number of aromatic nitrogens is 2. The van der Waals surface area contributed by atoms with Crippen molar-refractivity contribution in [3.8, 4) is 0 Å². The third-order valence-corrected chi connectivity index (χ3v) is 1.64. The Morgan fingerprint density at radius 3 is 3.00 bits per heavy atom. The van der Waals surface area contributed by atoms with Gasteiger partial charge < -0.3 is 15.6 Å². The average molecular weight is 182 g/mol. The second-order valence-electron chi connectivity index (χ2n) is 2.77. The quantitative estimate of drug-likeness (QED) is 0.591. The zero-order valence-electron chi connectivity index (χ0n) is 7.85. The molecule has 0 aliphatic rings. The Balaban J connectivity index is 2.24. The predicted molar refractivity (Wildman–Crippen MR) is 49.1 cm³/mol. The molecule has 0 fully saturated rings. The zero-order chi connectivity index (χ0) is 9.68. The number of hydrogen-bond donors (Lipinski definition) is 3. The highest BCUT2D eigenvalue weighted by Gasteiger charge is 1.98. The van der Waals surface area contributed by atoms with Crippen molar-refractivity contribution in [3.63, 3.8) is 0 Å². The van der Waals surface area contributed by atoms with Gasteiger partial charge in [-0.3, -0.25) is 4.79 Å². The van der Waals surface area contributed by atoms with E-state index >= 15 is 0 Å². The maximum absolute atomic E-state index is 10.8. The standard InChI is InChI=1S/C8H14N4O/c1-6-11-4-7(12-6)3-10-5-8(13)9-2/h4,10H,3,5H2,1-2H3,(H,9,13)(H,11,12).